The lowest BCUT2D eigenvalue weighted by Crippen LogP contribution is -2.44. The van der Waals surface area contributed by atoms with Crippen LogP contribution in [-0.2, 0) is 31.9 Å². The number of carboxylic acid groups (broad SMARTS) is 1. The van der Waals surface area contributed by atoms with E-state index in [0.717, 1.165) is 11.1 Å². The Morgan fingerprint density at radius 1 is 1.24 bits per heavy atom. The lowest BCUT2D eigenvalue weighted by atomic mass is 10.0. The Morgan fingerprint density at radius 2 is 1.93 bits per heavy atom. The third-order valence-corrected chi connectivity index (χ3v) is 4.03. The summed E-state index contributed by atoms with van der Waals surface area (Å²) < 4.78 is 9.95. The van der Waals surface area contributed by atoms with E-state index in [2.05, 4.69) is 10.3 Å². The molecule has 1 aromatic rings. The number of carbonyl (C=O) groups excluding carboxylic acids is 2. The largest absolute Gasteiger partial charge is 0.481 e. The Morgan fingerprint density at radius 3 is 2.52 bits per heavy atom. The Hall–Kier alpha value is -2.84. The second-order valence-electron chi connectivity index (χ2n) is 7.75. The molecule has 1 aromatic heterocycles. The van der Waals surface area contributed by atoms with E-state index < -0.39 is 29.7 Å². The van der Waals surface area contributed by atoms with E-state index in [1.807, 2.05) is 6.07 Å². The molecule has 0 saturated carbocycles. The lowest BCUT2D eigenvalue weighted by molar-refractivity contribution is -0.143. The van der Waals surface area contributed by atoms with E-state index >= 15 is 0 Å². The van der Waals surface area contributed by atoms with Crippen molar-refractivity contribution < 1.29 is 29.0 Å². The molecule has 1 amide bonds. The first-order valence-corrected chi connectivity index (χ1v) is 9.54. The lowest BCUT2D eigenvalue weighted by Gasteiger charge is -2.22. The molecular weight excluding hydrogens is 378 g/mol. The van der Waals surface area contributed by atoms with Gasteiger partial charge < -0.3 is 25.6 Å². The van der Waals surface area contributed by atoms with Crippen molar-refractivity contribution in [2.45, 2.75) is 70.9 Å². The number of carboxylic acids is 1. The predicted molar refractivity (Wildman–Crippen MR) is 107 cm³/mol. The van der Waals surface area contributed by atoms with E-state index in [1.54, 1.807) is 27.0 Å². The molecule has 1 rings (SSSR count). The van der Waals surface area contributed by atoms with Gasteiger partial charge in [-0.3, -0.25) is 4.79 Å². The van der Waals surface area contributed by atoms with Gasteiger partial charge in [-0.15, -0.1) is 0 Å². The Bertz CT molecular complexity index is 715. The molecule has 0 spiro atoms. The van der Waals surface area contributed by atoms with Gasteiger partial charge in [-0.1, -0.05) is 6.07 Å². The number of aliphatic carboxylic acids is 1. The SMILES string of the molecule is COC(=O)[C@H](CCCc1cc(CCCC(=O)O)cnc1N)NC(=O)OC(C)(C)C. The fraction of sp³-hybridized carbons (Fsp3) is 0.600. The van der Waals surface area contributed by atoms with Gasteiger partial charge in [-0.2, -0.15) is 0 Å². The van der Waals surface area contributed by atoms with Gasteiger partial charge in [0.2, 0.25) is 0 Å². The number of hydrogen-bond donors (Lipinski definition) is 3. The molecule has 0 saturated heterocycles. The summed E-state index contributed by atoms with van der Waals surface area (Å²) in [4.78, 5) is 38.7. The van der Waals surface area contributed by atoms with Crippen molar-refractivity contribution in [1.82, 2.24) is 10.3 Å². The van der Waals surface area contributed by atoms with Crippen molar-refractivity contribution in [3.8, 4) is 0 Å². The number of methoxy groups -OCH3 is 1. The summed E-state index contributed by atoms with van der Waals surface area (Å²) in [6.07, 6.45) is 3.61. The van der Waals surface area contributed by atoms with Crippen LogP contribution >= 0.6 is 0 Å². The number of hydrogen-bond acceptors (Lipinski definition) is 7. The van der Waals surface area contributed by atoms with Crippen LogP contribution in [0.1, 0.15) is 57.6 Å². The number of alkyl carbamates (subject to hydrolysis) is 1. The maximum atomic E-state index is 12.0. The average molecular weight is 409 g/mol. The first kappa shape index (κ1) is 24.2. The van der Waals surface area contributed by atoms with Gasteiger partial charge in [-0.05, 0) is 64.0 Å². The Kier molecular flexibility index (Phi) is 9.37. The van der Waals surface area contributed by atoms with E-state index in [4.69, 9.17) is 20.3 Å². The quantitative estimate of drug-likeness (QED) is 0.500. The summed E-state index contributed by atoms with van der Waals surface area (Å²) in [5.74, 6) is -0.994. The predicted octanol–water partition coefficient (Wildman–Crippen LogP) is 2.46. The van der Waals surface area contributed by atoms with Crippen molar-refractivity contribution in [3.63, 3.8) is 0 Å². The number of anilines is 1. The van der Waals surface area contributed by atoms with Crippen LogP contribution in [0.2, 0.25) is 0 Å². The molecule has 0 aromatic carbocycles. The number of esters is 1. The minimum Gasteiger partial charge on any atom is -0.481 e. The first-order valence-electron chi connectivity index (χ1n) is 9.54. The number of ether oxygens (including phenoxy) is 2. The summed E-state index contributed by atoms with van der Waals surface area (Å²) in [5.41, 5.74) is 6.99. The van der Waals surface area contributed by atoms with E-state index in [9.17, 15) is 14.4 Å². The van der Waals surface area contributed by atoms with Crippen LogP contribution in [0, 0.1) is 0 Å². The third kappa shape index (κ3) is 9.77. The van der Waals surface area contributed by atoms with Gasteiger partial charge in [0.05, 0.1) is 7.11 Å². The number of aromatic nitrogens is 1. The van der Waals surface area contributed by atoms with Crippen LogP contribution in [-0.4, -0.2) is 46.9 Å². The zero-order valence-corrected chi connectivity index (χ0v) is 17.5. The second kappa shape index (κ2) is 11.2. The highest BCUT2D eigenvalue weighted by atomic mass is 16.6. The maximum absolute atomic E-state index is 12.0. The molecule has 162 valence electrons. The maximum Gasteiger partial charge on any atom is 0.408 e. The zero-order chi connectivity index (χ0) is 22.0. The number of carbonyl (C=O) groups is 3. The Labute approximate surface area is 171 Å². The van der Waals surface area contributed by atoms with E-state index in [0.29, 0.717) is 37.9 Å². The van der Waals surface area contributed by atoms with Crippen molar-refractivity contribution in [3.05, 3.63) is 23.4 Å². The van der Waals surface area contributed by atoms with Crippen LogP contribution in [0.5, 0.6) is 0 Å². The van der Waals surface area contributed by atoms with Crippen LogP contribution in [0.15, 0.2) is 12.3 Å². The number of rotatable bonds is 10. The molecule has 0 aliphatic carbocycles. The standard InChI is InChI=1S/C20H31N3O6/c1-20(2,3)29-19(27)23-15(18(26)28-4)9-6-8-14-11-13(12-22-17(14)21)7-5-10-16(24)25/h11-12,15H,5-10H2,1-4H3,(H2,21,22)(H,23,27)(H,24,25)/t15-/m0/s1. The van der Waals surface area contributed by atoms with Gasteiger partial charge in [0.25, 0.3) is 0 Å². The molecule has 0 aliphatic rings. The molecule has 1 heterocycles. The molecule has 0 unspecified atom stereocenters. The van der Waals surface area contributed by atoms with Crippen LogP contribution in [0.4, 0.5) is 10.6 Å². The molecule has 9 nitrogen and oxygen atoms in total. The zero-order valence-electron chi connectivity index (χ0n) is 17.5. The van der Waals surface area contributed by atoms with Gasteiger partial charge in [0.1, 0.15) is 17.5 Å². The third-order valence-electron chi connectivity index (χ3n) is 4.03. The van der Waals surface area contributed by atoms with Crippen LogP contribution in [0.25, 0.3) is 0 Å². The number of nitrogens with one attached hydrogen (secondary N) is 1. The number of amides is 1. The number of pyridine rings is 1. The van der Waals surface area contributed by atoms with Gasteiger partial charge in [-0.25, -0.2) is 14.6 Å². The smallest absolute Gasteiger partial charge is 0.408 e. The molecule has 29 heavy (non-hydrogen) atoms. The fourth-order valence-electron chi connectivity index (χ4n) is 2.69. The highest BCUT2D eigenvalue weighted by Crippen LogP contribution is 2.17. The second-order valence-corrected chi connectivity index (χ2v) is 7.75. The molecule has 0 fully saturated rings. The summed E-state index contributed by atoms with van der Waals surface area (Å²) in [6, 6.07) is 1.07. The average Bonchev–Trinajstić information content (AvgIpc) is 2.60. The summed E-state index contributed by atoms with van der Waals surface area (Å²) >= 11 is 0. The highest BCUT2D eigenvalue weighted by molar-refractivity contribution is 5.81. The van der Waals surface area contributed by atoms with Gasteiger partial charge >= 0.3 is 18.0 Å². The minimum atomic E-state index is -0.833. The molecule has 0 bridgehead atoms. The molecule has 4 N–H and O–H groups in total. The normalized spacial score (nSPS) is 12.1. The fourth-order valence-corrected chi connectivity index (χ4v) is 2.69. The summed E-state index contributed by atoms with van der Waals surface area (Å²) in [6.45, 7) is 5.21. The van der Waals surface area contributed by atoms with Gasteiger partial charge in [0, 0.05) is 12.6 Å². The van der Waals surface area contributed by atoms with Crippen LogP contribution < -0.4 is 11.1 Å². The number of aryl methyl sites for hydroxylation is 2. The first-order chi connectivity index (χ1) is 13.5. The number of nitrogen functional groups attached to an aromatic ring is 1. The summed E-state index contributed by atoms with van der Waals surface area (Å²) in [5, 5.41) is 11.3. The molecule has 0 radical (unpaired) electrons. The van der Waals surface area contributed by atoms with Gasteiger partial charge in [0.15, 0.2) is 0 Å². The molecular formula is C20H31N3O6. The Balaban J connectivity index is 2.65. The van der Waals surface area contributed by atoms with E-state index in [1.165, 1.54) is 7.11 Å². The summed E-state index contributed by atoms with van der Waals surface area (Å²) in [7, 11) is 1.26. The van der Waals surface area contributed by atoms with E-state index in [-0.39, 0.29) is 6.42 Å². The van der Waals surface area contributed by atoms with Crippen molar-refractivity contribution in [1.29, 1.82) is 0 Å². The number of nitrogens with zero attached hydrogens (tertiary/aromatic N) is 1. The number of nitrogens with two attached hydrogens (primary N) is 1. The monoisotopic (exact) mass is 409 g/mol. The molecule has 1 atom stereocenters. The van der Waals surface area contributed by atoms with Crippen molar-refractivity contribution in [2.24, 2.45) is 0 Å². The topological polar surface area (TPSA) is 141 Å². The molecule has 9 heteroatoms. The molecule has 0 aliphatic heterocycles. The minimum absolute atomic E-state index is 0.0941. The van der Waals surface area contributed by atoms with Crippen LogP contribution in [0.3, 0.4) is 0 Å². The highest BCUT2D eigenvalue weighted by Gasteiger charge is 2.24. The van der Waals surface area contributed by atoms with Crippen molar-refractivity contribution in [2.75, 3.05) is 12.8 Å². The van der Waals surface area contributed by atoms with Crippen molar-refractivity contribution >= 4 is 23.8 Å².